The molecule has 154 valence electrons. The van der Waals surface area contributed by atoms with Crippen molar-refractivity contribution in [2.75, 3.05) is 0 Å². The summed E-state index contributed by atoms with van der Waals surface area (Å²) in [6.07, 6.45) is 1.53. The van der Waals surface area contributed by atoms with E-state index in [4.69, 9.17) is 10.5 Å². The zero-order chi connectivity index (χ0) is 20.6. The molecule has 3 N–H and O–H groups in total. The molecule has 0 aromatic heterocycles. The lowest BCUT2D eigenvalue weighted by Gasteiger charge is -2.36. The van der Waals surface area contributed by atoms with Gasteiger partial charge in [0.1, 0.15) is 17.5 Å². The molecule has 2 bridgehead atoms. The highest BCUT2D eigenvalue weighted by molar-refractivity contribution is 9.10. The van der Waals surface area contributed by atoms with Crippen molar-refractivity contribution in [3.05, 3.63) is 34.1 Å². The minimum atomic E-state index is -0.747. The fraction of sp³-hybridized carbons (Fsp3) is 0.600. The number of ether oxygens (including phenoxy) is 1. The molecule has 1 saturated carbocycles. The largest absolute Gasteiger partial charge is 0.444 e. The molecular weight excluding hydrogens is 429 g/mol. The van der Waals surface area contributed by atoms with E-state index in [1.807, 2.05) is 0 Å². The van der Waals surface area contributed by atoms with E-state index in [-0.39, 0.29) is 30.1 Å². The van der Waals surface area contributed by atoms with Crippen LogP contribution in [0.2, 0.25) is 0 Å². The first kappa shape index (κ1) is 21.0. The average Bonchev–Trinajstić information content (AvgIpc) is 3.16. The third kappa shape index (κ3) is 4.66. The van der Waals surface area contributed by atoms with E-state index in [9.17, 15) is 14.0 Å². The quantitative estimate of drug-likeness (QED) is 0.681. The number of likely N-dealkylation sites (tertiary alicyclic amines) is 1. The molecule has 28 heavy (non-hydrogen) atoms. The predicted molar refractivity (Wildman–Crippen MR) is 107 cm³/mol. The van der Waals surface area contributed by atoms with Gasteiger partial charge < -0.3 is 15.8 Å². The van der Waals surface area contributed by atoms with E-state index in [0.717, 1.165) is 19.3 Å². The maximum atomic E-state index is 14.0. The molecule has 0 spiro atoms. The first-order valence-corrected chi connectivity index (χ1v) is 10.4. The van der Waals surface area contributed by atoms with Crippen LogP contribution in [0.1, 0.15) is 45.6 Å². The van der Waals surface area contributed by atoms with Crippen LogP contribution in [0.3, 0.4) is 0 Å². The number of nitrogens with one attached hydrogen (secondary N) is 1. The van der Waals surface area contributed by atoms with Gasteiger partial charge in [-0.1, -0.05) is 22.0 Å². The van der Waals surface area contributed by atoms with Gasteiger partial charge in [-0.2, -0.15) is 0 Å². The van der Waals surface area contributed by atoms with Crippen LogP contribution in [0.4, 0.5) is 9.18 Å². The van der Waals surface area contributed by atoms with Gasteiger partial charge in [-0.25, -0.2) is 9.18 Å². The van der Waals surface area contributed by atoms with Crippen molar-refractivity contribution in [2.45, 2.75) is 70.3 Å². The maximum Gasteiger partial charge on any atom is 0.411 e. The third-order valence-corrected chi connectivity index (χ3v) is 5.73. The zero-order valence-corrected chi connectivity index (χ0v) is 18.0. The Bertz CT molecular complexity index is 768. The van der Waals surface area contributed by atoms with Crippen LogP contribution >= 0.6 is 15.9 Å². The number of rotatable bonds is 4. The van der Waals surface area contributed by atoms with E-state index in [1.165, 1.54) is 6.07 Å². The Balaban J connectivity index is 1.67. The molecule has 8 heteroatoms. The van der Waals surface area contributed by atoms with Gasteiger partial charge in [0.05, 0.1) is 6.17 Å². The van der Waals surface area contributed by atoms with Crippen LogP contribution in [0.15, 0.2) is 22.7 Å². The van der Waals surface area contributed by atoms with E-state index in [1.54, 1.807) is 37.8 Å². The number of carbonyl (C=O) groups is 2. The lowest BCUT2D eigenvalue weighted by atomic mass is 9.98. The fourth-order valence-electron chi connectivity index (χ4n) is 4.15. The van der Waals surface area contributed by atoms with Gasteiger partial charge in [0.25, 0.3) is 0 Å². The highest BCUT2D eigenvalue weighted by Gasteiger charge is 2.52. The summed E-state index contributed by atoms with van der Waals surface area (Å²) in [6.45, 7) is 5.41. The van der Waals surface area contributed by atoms with Crippen LogP contribution in [0.25, 0.3) is 0 Å². The Morgan fingerprint density at radius 2 is 2.11 bits per heavy atom. The minimum absolute atomic E-state index is 0.0238. The summed E-state index contributed by atoms with van der Waals surface area (Å²) in [5.74, 6) is -0.577. The number of carbonyl (C=O) groups excluding carboxylic acids is 2. The number of hydrogen-bond acceptors (Lipinski definition) is 4. The number of hydrogen-bond donors (Lipinski definition) is 2. The van der Waals surface area contributed by atoms with Crippen LogP contribution in [0.5, 0.6) is 0 Å². The van der Waals surface area contributed by atoms with Gasteiger partial charge in [0.15, 0.2) is 0 Å². The molecule has 1 aliphatic carbocycles. The lowest BCUT2D eigenvalue weighted by molar-refractivity contribution is -0.128. The number of piperidine rings is 1. The number of benzene rings is 1. The number of fused-ring (bicyclic) bond motifs is 2. The molecular formula is C20H27BrFN3O3. The molecule has 1 saturated heterocycles. The molecule has 0 unspecified atom stereocenters. The molecule has 6 nitrogen and oxygen atoms in total. The first-order valence-electron chi connectivity index (χ1n) is 9.56. The van der Waals surface area contributed by atoms with Crippen molar-refractivity contribution in [3.63, 3.8) is 0 Å². The number of amides is 2. The van der Waals surface area contributed by atoms with Gasteiger partial charge in [0.2, 0.25) is 5.91 Å². The Kier molecular flexibility index (Phi) is 6.00. The normalized spacial score (nSPS) is 24.9. The molecule has 2 amide bonds. The second-order valence-electron chi connectivity index (χ2n) is 8.61. The first-order chi connectivity index (χ1) is 13.0. The molecule has 1 aromatic carbocycles. The maximum absolute atomic E-state index is 14.0. The highest BCUT2D eigenvalue weighted by Crippen LogP contribution is 2.43. The third-order valence-electron chi connectivity index (χ3n) is 5.24. The second-order valence-corrected chi connectivity index (χ2v) is 9.53. The highest BCUT2D eigenvalue weighted by atomic mass is 79.9. The summed E-state index contributed by atoms with van der Waals surface area (Å²) >= 11 is 3.22. The van der Waals surface area contributed by atoms with Crippen molar-refractivity contribution in [3.8, 4) is 0 Å². The van der Waals surface area contributed by atoms with E-state index >= 15 is 0 Å². The van der Waals surface area contributed by atoms with Gasteiger partial charge in [-0.15, -0.1) is 0 Å². The topological polar surface area (TPSA) is 84.7 Å². The number of halogens is 2. The standard InChI is InChI=1S/C20H27BrFN3O3/c1-20(2,3)28-19(27)25-14-7-5-12(8-14)17(25)18(26)24-16(23)9-11-4-6-13(21)10-15(11)22/h4,6,10,12,14,16-17H,5,7-9,23H2,1-3H3,(H,24,26)/t12-,14+,16-,17-/m0/s1. The summed E-state index contributed by atoms with van der Waals surface area (Å²) in [7, 11) is 0. The van der Waals surface area contributed by atoms with E-state index in [2.05, 4.69) is 21.2 Å². The molecule has 2 aliphatic rings. The smallest absolute Gasteiger partial charge is 0.411 e. The Labute approximate surface area is 173 Å². The zero-order valence-electron chi connectivity index (χ0n) is 16.4. The molecule has 0 radical (unpaired) electrons. The van der Waals surface area contributed by atoms with Gasteiger partial charge >= 0.3 is 6.09 Å². The molecule has 2 fully saturated rings. The van der Waals surface area contributed by atoms with Crippen molar-refractivity contribution >= 4 is 27.9 Å². The number of nitrogens with two attached hydrogens (primary N) is 1. The van der Waals surface area contributed by atoms with Crippen molar-refractivity contribution in [1.82, 2.24) is 10.2 Å². The van der Waals surface area contributed by atoms with Gasteiger partial charge in [-0.05, 0) is 63.6 Å². The van der Waals surface area contributed by atoms with Crippen molar-refractivity contribution < 1.29 is 18.7 Å². The van der Waals surface area contributed by atoms with Gasteiger partial charge in [0, 0.05) is 16.9 Å². The SMILES string of the molecule is CC(C)(C)OC(=O)N1[C@@H]2CC[C@@H](C2)[C@H]1C(=O)N[C@H](N)Cc1ccc(Br)cc1F. The lowest BCUT2D eigenvalue weighted by Crippen LogP contribution is -2.57. The molecule has 4 atom stereocenters. The molecule has 1 aromatic rings. The van der Waals surface area contributed by atoms with Crippen molar-refractivity contribution in [1.29, 1.82) is 0 Å². The Morgan fingerprint density at radius 3 is 2.75 bits per heavy atom. The summed E-state index contributed by atoms with van der Waals surface area (Å²) < 4.78 is 20.2. The molecule has 1 aliphatic heterocycles. The Hall–Kier alpha value is -1.67. The second kappa shape index (κ2) is 7.99. The Morgan fingerprint density at radius 1 is 1.39 bits per heavy atom. The van der Waals surface area contributed by atoms with Crippen LogP contribution in [0, 0.1) is 11.7 Å². The van der Waals surface area contributed by atoms with E-state index in [0.29, 0.717) is 10.0 Å². The average molecular weight is 456 g/mol. The molecule has 1 heterocycles. The van der Waals surface area contributed by atoms with Crippen LogP contribution in [-0.4, -0.2) is 40.8 Å². The minimum Gasteiger partial charge on any atom is -0.444 e. The summed E-state index contributed by atoms with van der Waals surface area (Å²) in [5.41, 5.74) is 5.85. The van der Waals surface area contributed by atoms with Gasteiger partial charge in [-0.3, -0.25) is 9.69 Å². The van der Waals surface area contributed by atoms with E-state index < -0.39 is 23.9 Å². The fourth-order valence-corrected chi connectivity index (χ4v) is 4.48. The number of nitrogens with zero attached hydrogens (tertiary/aromatic N) is 1. The monoisotopic (exact) mass is 455 g/mol. The predicted octanol–water partition coefficient (Wildman–Crippen LogP) is 3.32. The molecule has 3 rings (SSSR count). The van der Waals surface area contributed by atoms with Crippen LogP contribution < -0.4 is 11.1 Å². The summed E-state index contributed by atoms with van der Waals surface area (Å²) in [5, 5.41) is 2.76. The van der Waals surface area contributed by atoms with Crippen LogP contribution in [-0.2, 0) is 16.0 Å². The van der Waals surface area contributed by atoms with Crippen molar-refractivity contribution in [2.24, 2.45) is 11.7 Å². The summed E-state index contributed by atoms with van der Waals surface area (Å²) in [4.78, 5) is 27.1. The summed E-state index contributed by atoms with van der Waals surface area (Å²) in [6, 6.07) is 4.16.